The zero-order chi connectivity index (χ0) is 27.8. The molecule has 1 N–H and O–H groups in total. The number of benzene rings is 1. The number of hydrogen-bond acceptors (Lipinski definition) is 9. The number of nitrogens with zero attached hydrogens (tertiary/aromatic N) is 5. The Morgan fingerprint density at radius 3 is 2.42 bits per heavy atom. The third-order valence-corrected chi connectivity index (χ3v) is 7.50. The van der Waals surface area contributed by atoms with E-state index in [1.165, 1.54) is 4.90 Å². The number of nitriles is 1. The molecular weight excluding hydrogens is 620 g/mol. The molecule has 3 rings (SSSR count). The highest BCUT2D eigenvalue weighted by molar-refractivity contribution is 9.11. The molecule has 0 atom stereocenters. The maximum Gasteiger partial charge on any atom is 0.262 e. The number of carbonyl (C=O) groups excluding carboxylic acids is 2. The summed E-state index contributed by atoms with van der Waals surface area (Å²) in [7, 11) is 3.31. The number of unbranched alkanes of at least 4 members (excludes halogenated alkanes) is 1. The molecule has 0 spiro atoms. The maximum atomic E-state index is 12.8. The first kappa shape index (κ1) is 29.8. The summed E-state index contributed by atoms with van der Waals surface area (Å²) in [5.74, 6) is -0.217. The van der Waals surface area contributed by atoms with E-state index in [0.29, 0.717) is 74.7 Å². The molecule has 12 heteroatoms. The summed E-state index contributed by atoms with van der Waals surface area (Å²) in [6, 6.07) is 3.86. The Labute approximate surface area is 239 Å². The second kappa shape index (κ2) is 13.9. The molecule has 1 aliphatic heterocycles. The number of aromatic nitrogens is 1. The summed E-state index contributed by atoms with van der Waals surface area (Å²) < 4.78 is 11.2. The fourth-order valence-corrected chi connectivity index (χ4v) is 5.58. The number of rotatable bonds is 13. The number of aryl methyl sites for hydroxylation is 1. The van der Waals surface area contributed by atoms with Crippen LogP contribution in [0.3, 0.4) is 0 Å². The Balaban J connectivity index is 2.05. The van der Waals surface area contributed by atoms with Crippen molar-refractivity contribution in [1.29, 1.82) is 5.26 Å². The van der Waals surface area contributed by atoms with Gasteiger partial charge in [0, 0.05) is 45.0 Å². The van der Waals surface area contributed by atoms with Crippen molar-refractivity contribution in [3.63, 3.8) is 0 Å². The number of amides is 2. The Bertz CT molecular complexity index is 1290. The van der Waals surface area contributed by atoms with E-state index in [9.17, 15) is 14.9 Å². The molecule has 2 heterocycles. The van der Waals surface area contributed by atoms with Gasteiger partial charge in [0.1, 0.15) is 17.4 Å². The van der Waals surface area contributed by atoms with Gasteiger partial charge in [0.2, 0.25) is 0 Å². The van der Waals surface area contributed by atoms with Crippen LogP contribution in [-0.4, -0.2) is 62.2 Å². The summed E-state index contributed by atoms with van der Waals surface area (Å²) >= 11 is 6.93. The van der Waals surface area contributed by atoms with Gasteiger partial charge in [-0.1, -0.05) is 0 Å². The number of nitrogens with one attached hydrogen (secondary N) is 1. The second-order valence-corrected chi connectivity index (χ2v) is 10.2. The third-order valence-electron chi connectivity index (χ3n) is 6.13. The van der Waals surface area contributed by atoms with E-state index in [-0.39, 0.29) is 23.9 Å². The first-order chi connectivity index (χ1) is 18.3. The van der Waals surface area contributed by atoms with E-state index < -0.39 is 0 Å². The highest BCUT2D eigenvalue weighted by Gasteiger charge is 2.38. The van der Waals surface area contributed by atoms with Gasteiger partial charge in [0.25, 0.3) is 11.8 Å². The van der Waals surface area contributed by atoms with Gasteiger partial charge in [-0.2, -0.15) is 5.26 Å². The van der Waals surface area contributed by atoms with Crippen LogP contribution in [0.2, 0.25) is 0 Å². The standard InChI is InChI=1S/C26H30Br2N6O4/c1-5-34-25(35)16-13-18(27)23(21(28)20(16)26(34)36)33-32-22-15(2)17(14-29)19(9-6-7-11-37-3)31-24(22)30-10-8-12-38-4/h13H,5-12H2,1-4H3,(H,30,31). The summed E-state index contributed by atoms with van der Waals surface area (Å²) in [6.45, 7) is 5.65. The van der Waals surface area contributed by atoms with E-state index in [2.05, 4.69) is 53.5 Å². The van der Waals surface area contributed by atoms with Gasteiger partial charge in [-0.15, -0.1) is 10.2 Å². The van der Waals surface area contributed by atoms with E-state index in [1.807, 2.05) is 6.92 Å². The Morgan fingerprint density at radius 2 is 1.76 bits per heavy atom. The lowest BCUT2D eigenvalue weighted by molar-refractivity contribution is 0.0662. The van der Waals surface area contributed by atoms with E-state index in [1.54, 1.807) is 27.2 Å². The van der Waals surface area contributed by atoms with Crippen molar-refractivity contribution in [2.75, 3.05) is 45.8 Å². The molecule has 0 aliphatic carbocycles. The van der Waals surface area contributed by atoms with Gasteiger partial charge in [-0.25, -0.2) is 4.98 Å². The molecule has 0 bridgehead atoms. The molecule has 1 aromatic heterocycles. The molecule has 38 heavy (non-hydrogen) atoms. The number of fused-ring (bicyclic) bond motifs is 1. The molecule has 0 unspecified atom stereocenters. The largest absolute Gasteiger partial charge is 0.385 e. The number of carbonyl (C=O) groups is 2. The van der Waals surface area contributed by atoms with Crippen LogP contribution in [0.25, 0.3) is 0 Å². The van der Waals surface area contributed by atoms with Crippen molar-refractivity contribution in [3.8, 4) is 6.07 Å². The monoisotopic (exact) mass is 648 g/mol. The first-order valence-electron chi connectivity index (χ1n) is 12.3. The lowest BCUT2D eigenvalue weighted by atomic mass is 10.0. The van der Waals surface area contributed by atoms with Crippen molar-refractivity contribution < 1.29 is 19.1 Å². The molecule has 2 amide bonds. The summed E-state index contributed by atoms with van der Waals surface area (Å²) in [4.78, 5) is 31.4. The Hall–Kier alpha value is -2.72. The molecule has 202 valence electrons. The molecule has 0 radical (unpaired) electrons. The number of pyridine rings is 1. The van der Waals surface area contributed by atoms with Crippen molar-refractivity contribution >= 4 is 60.9 Å². The van der Waals surface area contributed by atoms with Crippen LogP contribution in [0, 0.1) is 18.3 Å². The third kappa shape index (κ3) is 6.29. The smallest absolute Gasteiger partial charge is 0.262 e. The van der Waals surface area contributed by atoms with Crippen molar-refractivity contribution in [1.82, 2.24) is 9.88 Å². The predicted octanol–water partition coefficient (Wildman–Crippen LogP) is 6.24. The van der Waals surface area contributed by atoms with Gasteiger partial charge < -0.3 is 14.8 Å². The van der Waals surface area contributed by atoms with Crippen molar-refractivity contribution in [3.05, 3.63) is 43.0 Å². The van der Waals surface area contributed by atoms with Gasteiger partial charge in [0.05, 0.1) is 26.9 Å². The van der Waals surface area contributed by atoms with E-state index >= 15 is 0 Å². The maximum absolute atomic E-state index is 12.8. The SMILES string of the molecule is CCN1C(=O)c2cc(Br)c(N=Nc3c(NCCCOC)nc(CCCCOC)c(C#N)c3C)c(Br)c2C1=O. The molecule has 0 saturated carbocycles. The van der Waals surface area contributed by atoms with Crippen LogP contribution in [0.5, 0.6) is 0 Å². The van der Waals surface area contributed by atoms with Crippen molar-refractivity contribution in [2.45, 2.75) is 39.5 Å². The van der Waals surface area contributed by atoms with Crippen LogP contribution >= 0.6 is 31.9 Å². The molecule has 1 aliphatic rings. The molecule has 10 nitrogen and oxygen atoms in total. The molecule has 0 saturated heterocycles. The lowest BCUT2D eigenvalue weighted by Crippen LogP contribution is -2.29. The highest BCUT2D eigenvalue weighted by atomic mass is 79.9. The molecule has 0 fully saturated rings. The summed E-state index contributed by atoms with van der Waals surface area (Å²) in [5.41, 5.74) is 3.15. The topological polar surface area (TPSA) is 129 Å². The Kier molecular flexibility index (Phi) is 10.9. The minimum Gasteiger partial charge on any atom is -0.385 e. The predicted molar refractivity (Wildman–Crippen MR) is 151 cm³/mol. The van der Waals surface area contributed by atoms with Crippen LogP contribution < -0.4 is 5.32 Å². The van der Waals surface area contributed by atoms with Gasteiger partial charge in [-0.3, -0.25) is 14.5 Å². The van der Waals surface area contributed by atoms with Crippen LogP contribution in [0.1, 0.15) is 63.7 Å². The van der Waals surface area contributed by atoms with E-state index in [4.69, 9.17) is 14.5 Å². The number of ether oxygens (including phenoxy) is 2. The Morgan fingerprint density at radius 1 is 1.08 bits per heavy atom. The van der Waals surface area contributed by atoms with Crippen LogP contribution in [0.4, 0.5) is 17.2 Å². The second-order valence-electron chi connectivity index (χ2n) is 8.59. The fourth-order valence-electron chi connectivity index (χ4n) is 4.13. The van der Waals surface area contributed by atoms with Gasteiger partial charge in [-0.05, 0) is 83.0 Å². The average Bonchev–Trinajstić information content (AvgIpc) is 3.14. The van der Waals surface area contributed by atoms with Gasteiger partial charge in [0.15, 0.2) is 5.82 Å². The number of halogens is 2. The number of imide groups is 1. The molecular formula is C26H30Br2N6O4. The number of anilines is 1. The number of azo groups is 1. The minimum absolute atomic E-state index is 0.255. The number of methoxy groups -OCH3 is 2. The quantitative estimate of drug-likeness (QED) is 0.155. The zero-order valence-corrected chi connectivity index (χ0v) is 25.0. The average molecular weight is 650 g/mol. The minimum atomic E-state index is -0.383. The van der Waals surface area contributed by atoms with Crippen LogP contribution in [-0.2, 0) is 15.9 Å². The number of hydrogen-bond donors (Lipinski definition) is 1. The first-order valence-corrected chi connectivity index (χ1v) is 13.8. The van der Waals surface area contributed by atoms with E-state index in [0.717, 1.165) is 19.3 Å². The highest BCUT2D eigenvalue weighted by Crippen LogP contribution is 2.43. The normalized spacial score (nSPS) is 12.9. The zero-order valence-electron chi connectivity index (χ0n) is 21.9. The fraction of sp³-hybridized carbons (Fsp3) is 0.462. The lowest BCUT2D eigenvalue weighted by Gasteiger charge is -2.15. The van der Waals surface area contributed by atoms with Crippen LogP contribution in [0.15, 0.2) is 25.2 Å². The molecule has 2 aromatic rings. The summed E-state index contributed by atoms with van der Waals surface area (Å²) in [5, 5.41) is 22.2. The van der Waals surface area contributed by atoms with Gasteiger partial charge >= 0.3 is 0 Å². The summed E-state index contributed by atoms with van der Waals surface area (Å²) in [6.07, 6.45) is 3.07. The molecule has 1 aromatic carbocycles. The van der Waals surface area contributed by atoms with Crippen molar-refractivity contribution in [2.24, 2.45) is 10.2 Å².